The summed E-state index contributed by atoms with van der Waals surface area (Å²) in [6.45, 7) is 10.7. The Balaban J connectivity index is 2.07. The maximum atomic E-state index is 13.4. The first-order chi connectivity index (χ1) is 13.4. The molecule has 0 radical (unpaired) electrons. The van der Waals surface area contributed by atoms with Crippen molar-refractivity contribution in [1.82, 2.24) is 0 Å². The van der Waals surface area contributed by atoms with E-state index >= 15 is 0 Å². The summed E-state index contributed by atoms with van der Waals surface area (Å²) in [6, 6.07) is 3.89. The van der Waals surface area contributed by atoms with Crippen LogP contribution in [0, 0.1) is 13.8 Å². The molecule has 150 valence electrons. The standard InChI is InChI=1S/C22H28N2O3S/c1-6-17-13-23(21(25)20-10-8-9-16(5)28-20)18-11-14(3)15(4)12-19(18)24(17)22(26)27-7-2/h9-12,17H,6-8,13H2,1-5H3. The van der Waals surface area contributed by atoms with Crippen molar-refractivity contribution in [2.24, 2.45) is 0 Å². The highest BCUT2D eigenvalue weighted by Crippen LogP contribution is 2.41. The van der Waals surface area contributed by atoms with Gasteiger partial charge in [-0.3, -0.25) is 9.69 Å². The number of aryl methyl sites for hydroxylation is 2. The van der Waals surface area contributed by atoms with Crippen molar-refractivity contribution >= 4 is 35.1 Å². The van der Waals surface area contributed by atoms with Crippen molar-refractivity contribution in [3.05, 3.63) is 45.2 Å². The van der Waals surface area contributed by atoms with E-state index in [-0.39, 0.29) is 18.0 Å². The lowest BCUT2D eigenvalue weighted by Gasteiger charge is -2.42. The summed E-state index contributed by atoms with van der Waals surface area (Å²) in [5.74, 6) is 0.00362. The second kappa shape index (κ2) is 8.43. The Labute approximate surface area is 171 Å². The van der Waals surface area contributed by atoms with E-state index in [0.29, 0.717) is 13.2 Å². The number of nitrogens with zero attached hydrogens (tertiary/aromatic N) is 2. The Hall–Kier alpha value is -2.21. The molecule has 0 aliphatic carbocycles. The van der Waals surface area contributed by atoms with Gasteiger partial charge in [0.25, 0.3) is 5.91 Å². The first kappa shape index (κ1) is 20.5. The average molecular weight is 401 g/mol. The van der Waals surface area contributed by atoms with E-state index in [1.165, 1.54) is 11.8 Å². The zero-order valence-corrected chi connectivity index (χ0v) is 18.1. The number of ether oxygens (including phenoxy) is 1. The van der Waals surface area contributed by atoms with Gasteiger partial charge in [0.1, 0.15) is 0 Å². The SMILES string of the molecule is CCOC(=O)N1c2cc(C)c(C)cc2N(C(=O)C2=CCC=C(C)S2)CC1CC. The molecule has 5 nitrogen and oxygen atoms in total. The summed E-state index contributed by atoms with van der Waals surface area (Å²) in [5, 5.41) is 0. The Morgan fingerprint density at radius 2 is 1.79 bits per heavy atom. The van der Waals surface area contributed by atoms with Crippen LogP contribution in [0.25, 0.3) is 0 Å². The minimum atomic E-state index is -0.351. The normalized spacial score (nSPS) is 19.0. The van der Waals surface area contributed by atoms with Gasteiger partial charge >= 0.3 is 6.09 Å². The minimum Gasteiger partial charge on any atom is -0.449 e. The number of benzene rings is 1. The minimum absolute atomic E-state index is 0.00362. The van der Waals surface area contributed by atoms with Crippen LogP contribution in [-0.4, -0.2) is 31.2 Å². The third-order valence-corrected chi connectivity index (χ3v) is 6.32. The molecule has 0 bridgehead atoms. The smallest absolute Gasteiger partial charge is 0.414 e. The Morgan fingerprint density at radius 3 is 2.39 bits per heavy atom. The molecular formula is C22H28N2O3S. The van der Waals surface area contributed by atoms with Gasteiger partial charge in [0, 0.05) is 6.54 Å². The van der Waals surface area contributed by atoms with Gasteiger partial charge in [-0.15, -0.1) is 0 Å². The summed E-state index contributed by atoms with van der Waals surface area (Å²) in [4.78, 5) is 31.6. The van der Waals surface area contributed by atoms with Crippen molar-refractivity contribution in [2.45, 2.75) is 53.5 Å². The molecule has 3 rings (SSSR count). The number of anilines is 2. The molecule has 0 saturated carbocycles. The molecule has 0 saturated heterocycles. The maximum absolute atomic E-state index is 13.4. The van der Waals surface area contributed by atoms with Crippen LogP contribution in [0.15, 0.2) is 34.1 Å². The third kappa shape index (κ3) is 3.83. The Bertz CT molecular complexity index is 860. The number of hydrogen-bond acceptors (Lipinski definition) is 4. The van der Waals surface area contributed by atoms with Crippen LogP contribution in [0.2, 0.25) is 0 Å². The molecule has 0 N–H and O–H groups in total. The number of fused-ring (bicyclic) bond motifs is 1. The molecule has 0 spiro atoms. The van der Waals surface area contributed by atoms with Crippen LogP contribution >= 0.6 is 11.8 Å². The highest BCUT2D eigenvalue weighted by atomic mass is 32.2. The van der Waals surface area contributed by atoms with Gasteiger partial charge in [-0.1, -0.05) is 30.8 Å². The van der Waals surface area contributed by atoms with Gasteiger partial charge in [-0.25, -0.2) is 4.79 Å². The fourth-order valence-corrected chi connectivity index (χ4v) is 4.48. The van der Waals surface area contributed by atoms with Crippen molar-refractivity contribution in [3.63, 3.8) is 0 Å². The largest absolute Gasteiger partial charge is 0.449 e. The summed E-state index contributed by atoms with van der Waals surface area (Å²) < 4.78 is 5.33. The van der Waals surface area contributed by atoms with Gasteiger partial charge in [-0.05, 0) is 68.7 Å². The van der Waals surface area contributed by atoms with E-state index in [4.69, 9.17) is 4.74 Å². The summed E-state index contributed by atoms with van der Waals surface area (Å²) >= 11 is 1.52. The monoisotopic (exact) mass is 400 g/mol. The first-order valence-corrected chi connectivity index (χ1v) is 10.6. The van der Waals surface area contributed by atoms with Crippen LogP contribution in [0.4, 0.5) is 16.2 Å². The van der Waals surface area contributed by atoms with Gasteiger partial charge < -0.3 is 9.64 Å². The lowest BCUT2D eigenvalue weighted by molar-refractivity contribution is -0.114. The highest BCUT2D eigenvalue weighted by Gasteiger charge is 2.38. The van der Waals surface area contributed by atoms with E-state index in [1.54, 1.807) is 4.90 Å². The van der Waals surface area contributed by atoms with E-state index in [0.717, 1.165) is 45.2 Å². The average Bonchev–Trinajstić information content (AvgIpc) is 2.67. The van der Waals surface area contributed by atoms with Gasteiger partial charge in [-0.2, -0.15) is 0 Å². The molecule has 1 atom stereocenters. The summed E-state index contributed by atoms with van der Waals surface area (Å²) in [5.41, 5.74) is 3.71. The predicted molar refractivity (Wildman–Crippen MR) is 116 cm³/mol. The van der Waals surface area contributed by atoms with E-state index in [2.05, 4.69) is 6.08 Å². The van der Waals surface area contributed by atoms with E-state index < -0.39 is 0 Å². The third-order valence-electron chi connectivity index (χ3n) is 5.27. The molecule has 28 heavy (non-hydrogen) atoms. The molecule has 1 aromatic rings. The molecule has 2 heterocycles. The second-order valence-corrected chi connectivity index (χ2v) is 8.48. The van der Waals surface area contributed by atoms with Gasteiger partial charge in [0.2, 0.25) is 0 Å². The first-order valence-electron chi connectivity index (χ1n) is 9.81. The Morgan fingerprint density at radius 1 is 1.11 bits per heavy atom. The van der Waals surface area contributed by atoms with Crippen LogP contribution < -0.4 is 9.80 Å². The number of thioether (sulfide) groups is 1. The summed E-state index contributed by atoms with van der Waals surface area (Å²) in [7, 11) is 0. The molecule has 2 aliphatic heterocycles. The number of carbonyl (C=O) groups is 2. The van der Waals surface area contributed by atoms with Crippen molar-refractivity contribution in [3.8, 4) is 0 Å². The fourth-order valence-electron chi connectivity index (χ4n) is 3.58. The molecule has 1 aromatic carbocycles. The summed E-state index contributed by atoms with van der Waals surface area (Å²) in [6.07, 6.45) is 5.27. The van der Waals surface area contributed by atoms with Gasteiger partial charge in [0.05, 0.1) is 28.9 Å². The lowest BCUT2D eigenvalue weighted by atomic mass is 10.0. The number of rotatable bonds is 3. The molecular weight excluding hydrogens is 372 g/mol. The van der Waals surface area contributed by atoms with Crippen LogP contribution in [-0.2, 0) is 9.53 Å². The zero-order valence-electron chi connectivity index (χ0n) is 17.2. The molecule has 0 aromatic heterocycles. The highest BCUT2D eigenvalue weighted by molar-refractivity contribution is 8.07. The van der Waals surface area contributed by atoms with Crippen molar-refractivity contribution < 1.29 is 14.3 Å². The molecule has 2 amide bonds. The number of allylic oxidation sites excluding steroid dienone is 3. The second-order valence-electron chi connectivity index (χ2n) is 7.19. The van der Waals surface area contributed by atoms with Crippen molar-refractivity contribution in [2.75, 3.05) is 23.0 Å². The molecule has 6 heteroatoms. The zero-order chi connectivity index (χ0) is 20.4. The van der Waals surface area contributed by atoms with E-state index in [1.807, 2.05) is 57.7 Å². The number of carbonyl (C=O) groups excluding carboxylic acids is 2. The molecule has 0 fully saturated rings. The molecule has 2 aliphatic rings. The van der Waals surface area contributed by atoms with Gasteiger partial charge in [0.15, 0.2) is 0 Å². The van der Waals surface area contributed by atoms with Crippen LogP contribution in [0.1, 0.15) is 44.7 Å². The fraction of sp³-hybridized carbons (Fsp3) is 0.455. The van der Waals surface area contributed by atoms with Crippen LogP contribution in [0.5, 0.6) is 0 Å². The van der Waals surface area contributed by atoms with E-state index in [9.17, 15) is 9.59 Å². The van der Waals surface area contributed by atoms with Crippen molar-refractivity contribution in [1.29, 1.82) is 0 Å². The molecule has 1 unspecified atom stereocenters. The number of amides is 2. The lowest BCUT2D eigenvalue weighted by Crippen LogP contribution is -2.53. The number of hydrogen-bond donors (Lipinski definition) is 0. The Kier molecular flexibility index (Phi) is 6.18. The topological polar surface area (TPSA) is 49.9 Å². The predicted octanol–water partition coefficient (Wildman–Crippen LogP) is 5.32. The van der Waals surface area contributed by atoms with Crippen LogP contribution in [0.3, 0.4) is 0 Å². The maximum Gasteiger partial charge on any atom is 0.414 e. The quantitative estimate of drug-likeness (QED) is 0.689.